The highest BCUT2D eigenvalue weighted by molar-refractivity contribution is 8.76. The summed E-state index contributed by atoms with van der Waals surface area (Å²) in [5, 5.41) is 32.3. The van der Waals surface area contributed by atoms with Gasteiger partial charge in [0.15, 0.2) is 11.2 Å². The lowest BCUT2D eigenvalue weighted by molar-refractivity contribution is -0.143. The van der Waals surface area contributed by atoms with Gasteiger partial charge >= 0.3 is 18.0 Å². The van der Waals surface area contributed by atoms with Gasteiger partial charge in [-0.15, -0.1) is 23.2 Å². The molecule has 3 rings (SSSR count). The van der Waals surface area contributed by atoms with Crippen molar-refractivity contribution in [3.63, 3.8) is 0 Å². The Morgan fingerprint density at radius 1 is 0.887 bits per heavy atom. The third-order valence-corrected chi connectivity index (χ3v) is 11.1. The number of alkyl halides is 2. The number of hydrogen-bond acceptors (Lipinski definition) is 16. The third kappa shape index (κ3) is 17.4. The molecule has 0 fully saturated rings. The SMILES string of the molecule is CCNC(=O)C(CSSCCOC(=O)N(CCCl)CCCl)NC(=O)CCC(NC(=O)CCC(NC(=O)c1ccc(NCc2cnc3nc(N)[nH]c(=O)c3n2)cc1)C(=O)O)C(=O)O. The molecule has 0 aliphatic carbocycles. The molecule has 0 saturated carbocycles. The number of nitrogens with two attached hydrogens (primary N) is 1. The average Bonchev–Trinajstić information content (AvgIpc) is 3.23. The number of likely N-dealkylation sites (N-methyl/N-ethyl adjacent to an activating group) is 1. The molecule has 0 saturated heterocycles. The average molecular weight is 945 g/mol. The zero-order valence-corrected chi connectivity index (χ0v) is 36.5. The van der Waals surface area contributed by atoms with Crippen molar-refractivity contribution in [1.82, 2.24) is 46.1 Å². The van der Waals surface area contributed by atoms with Gasteiger partial charge in [-0.3, -0.25) is 29.0 Å². The second-order valence-electron chi connectivity index (χ2n) is 12.9. The molecule has 2 aromatic heterocycles. The number of carbonyl (C=O) groups is 7. The number of carboxylic acids is 2. The first-order valence-corrected chi connectivity index (χ1v) is 22.5. The van der Waals surface area contributed by atoms with Crippen molar-refractivity contribution in [1.29, 1.82) is 0 Å². The molecule has 0 bridgehead atoms. The second kappa shape index (κ2) is 26.7. The van der Waals surface area contributed by atoms with Crippen LogP contribution >= 0.6 is 44.8 Å². The Kier molecular flexibility index (Phi) is 21.8. The van der Waals surface area contributed by atoms with Crippen molar-refractivity contribution < 1.29 is 48.5 Å². The normalized spacial score (nSPS) is 12.3. The van der Waals surface area contributed by atoms with Crippen LogP contribution in [-0.2, 0) is 35.3 Å². The largest absolute Gasteiger partial charge is 0.480 e. The first-order chi connectivity index (χ1) is 29.6. The van der Waals surface area contributed by atoms with Crippen LogP contribution in [0.2, 0.25) is 0 Å². The van der Waals surface area contributed by atoms with Crippen LogP contribution in [0, 0.1) is 0 Å². The summed E-state index contributed by atoms with van der Waals surface area (Å²) in [4.78, 5) is 115. The topological polar surface area (TPSA) is 330 Å². The molecule has 5 amide bonds. The standard InChI is InChI=1S/C36H47Cl2N11O11S2/c1-2-40-31(53)25(19-62-61-16-15-60-36(59)49(13-11-37)14-12-38)45-27(51)9-7-23(33(55)56)44-26(50)10-8-24(34(57)58)46-30(52)20-3-5-21(6-4-20)41-17-22-18-42-29-28(43-22)32(54)48-35(39)47-29/h3-6,18,23-25,41H,2,7-17,19H2,1H3,(H,40,53)(H,44,50)(H,45,51)(H,46,52)(H,55,56)(H,57,58)(H3,39,42,47,48,54). The van der Waals surface area contributed by atoms with Crippen LogP contribution in [0.15, 0.2) is 35.3 Å². The summed E-state index contributed by atoms with van der Waals surface area (Å²) >= 11 is 11.4. The first kappa shape index (κ1) is 50.8. The summed E-state index contributed by atoms with van der Waals surface area (Å²) in [6.45, 7) is 2.79. The minimum Gasteiger partial charge on any atom is -0.480 e. The molecule has 0 radical (unpaired) electrons. The van der Waals surface area contributed by atoms with Crippen LogP contribution in [0.25, 0.3) is 11.2 Å². The molecule has 22 nitrogen and oxygen atoms in total. The molecule has 3 atom stereocenters. The number of aliphatic carboxylic acids is 2. The fourth-order valence-electron chi connectivity index (χ4n) is 5.24. The van der Waals surface area contributed by atoms with Gasteiger partial charge in [0.05, 0.1) is 18.4 Å². The molecule has 0 aliphatic heterocycles. The number of nitrogens with one attached hydrogen (secondary N) is 6. The Balaban J connectivity index is 1.44. The Morgan fingerprint density at radius 2 is 1.50 bits per heavy atom. The number of nitrogens with zero attached hydrogens (tertiary/aromatic N) is 4. The number of hydrogen-bond donors (Lipinski definition) is 9. The molecule has 2 heterocycles. The number of fused-ring (bicyclic) bond motifs is 1. The van der Waals surface area contributed by atoms with Crippen molar-refractivity contribution >= 4 is 109 Å². The minimum atomic E-state index is -1.52. The van der Waals surface area contributed by atoms with E-state index in [2.05, 4.69) is 46.5 Å². The van der Waals surface area contributed by atoms with E-state index in [0.29, 0.717) is 17.1 Å². The van der Waals surface area contributed by atoms with E-state index in [4.69, 9.17) is 33.7 Å². The van der Waals surface area contributed by atoms with Gasteiger partial charge in [-0.05, 0) is 44.0 Å². The zero-order valence-electron chi connectivity index (χ0n) is 33.3. The number of benzene rings is 1. The smallest absolute Gasteiger partial charge is 0.409 e. The van der Waals surface area contributed by atoms with Crippen molar-refractivity contribution in [2.75, 3.05) is 60.6 Å². The molecular formula is C36H47Cl2N11O11S2. The van der Waals surface area contributed by atoms with Gasteiger partial charge in [-0.25, -0.2) is 24.4 Å². The van der Waals surface area contributed by atoms with Gasteiger partial charge in [0.25, 0.3) is 11.5 Å². The van der Waals surface area contributed by atoms with Crippen LogP contribution in [0.4, 0.5) is 16.4 Å². The number of nitrogen functional groups attached to an aromatic ring is 1. The van der Waals surface area contributed by atoms with Crippen molar-refractivity contribution in [3.8, 4) is 0 Å². The van der Waals surface area contributed by atoms with Crippen molar-refractivity contribution in [3.05, 3.63) is 52.1 Å². The number of aromatic nitrogens is 4. The molecule has 3 unspecified atom stereocenters. The molecular weight excluding hydrogens is 898 g/mol. The maximum absolute atomic E-state index is 12.9. The summed E-state index contributed by atoms with van der Waals surface area (Å²) in [7, 11) is 2.55. The van der Waals surface area contributed by atoms with Gasteiger partial charge in [-0.2, -0.15) is 4.98 Å². The van der Waals surface area contributed by atoms with Crippen molar-refractivity contribution in [2.45, 2.75) is 57.3 Å². The Morgan fingerprint density at radius 3 is 2.10 bits per heavy atom. The number of amides is 5. The maximum Gasteiger partial charge on any atom is 0.409 e. The lowest BCUT2D eigenvalue weighted by atomic mass is 10.1. The quantitative estimate of drug-likeness (QED) is 0.0294. The van der Waals surface area contributed by atoms with Crippen molar-refractivity contribution in [2.24, 2.45) is 0 Å². The van der Waals surface area contributed by atoms with E-state index in [1.807, 2.05) is 0 Å². The lowest BCUT2D eigenvalue weighted by Gasteiger charge is -2.20. The van der Waals surface area contributed by atoms with Gasteiger partial charge in [0.2, 0.25) is 23.7 Å². The highest BCUT2D eigenvalue weighted by Crippen LogP contribution is 2.22. The highest BCUT2D eigenvalue weighted by atomic mass is 35.5. The molecule has 338 valence electrons. The Labute approximate surface area is 372 Å². The number of H-pyrrole nitrogens is 1. The number of halogens is 2. The lowest BCUT2D eigenvalue weighted by Crippen LogP contribution is -2.49. The van der Waals surface area contributed by atoms with Crippen LogP contribution in [0.1, 0.15) is 48.7 Å². The Hall–Kier alpha value is -5.59. The third-order valence-electron chi connectivity index (χ3n) is 8.34. The number of carboxylic acid groups (broad SMARTS) is 2. The van der Waals surface area contributed by atoms with E-state index < -0.39 is 71.8 Å². The van der Waals surface area contributed by atoms with Crippen LogP contribution in [0.5, 0.6) is 0 Å². The predicted octanol–water partition coefficient (Wildman–Crippen LogP) is 1.14. The van der Waals surface area contributed by atoms with Crippen LogP contribution in [0.3, 0.4) is 0 Å². The second-order valence-corrected chi connectivity index (χ2v) is 16.3. The van der Waals surface area contributed by atoms with E-state index >= 15 is 0 Å². The fraction of sp³-hybridized carbons (Fsp3) is 0.472. The molecule has 3 aromatic rings. The van der Waals surface area contributed by atoms with Gasteiger partial charge in [0, 0.05) is 67.0 Å². The van der Waals surface area contributed by atoms with Crippen LogP contribution in [-0.4, -0.2) is 144 Å². The number of carbonyl (C=O) groups excluding carboxylic acids is 5. The molecule has 10 N–H and O–H groups in total. The predicted molar refractivity (Wildman–Crippen MR) is 233 cm³/mol. The highest BCUT2D eigenvalue weighted by Gasteiger charge is 2.26. The Bertz CT molecular complexity index is 2080. The maximum atomic E-state index is 12.9. The molecule has 62 heavy (non-hydrogen) atoms. The number of anilines is 2. The minimum absolute atomic E-state index is 0.00943. The number of ether oxygens (including phenoxy) is 1. The number of rotatable bonds is 27. The first-order valence-electron chi connectivity index (χ1n) is 18.9. The van der Waals surface area contributed by atoms with E-state index in [-0.39, 0.29) is 92.2 Å². The molecule has 0 aliphatic rings. The van der Waals surface area contributed by atoms with E-state index in [9.17, 15) is 48.6 Å². The zero-order chi connectivity index (χ0) is 45.6. The van der Waals surface area contributed by atoms with Crippen LogP contribution < -0.4 is 37.9 Å². The van der Waals surface area contributed by atoms with E-state index in [0.717, 1.165) is 0 Å². The van der Waals surface area contributed by atoms with E-state index in [1.54, 1.807) is 19.1 Å². The van der Waals surface area contributed by atoms with Gasteiger partial charge < -0.3 is 52.2 Å². The molecule has 0 spiro atoms. The summed E-state index contributed by atoms with van der Waals surface area (Å²) in [6.07, 6.45) is -0.723. The molecule has 26 heteroatoms. The van der Waals surface area contributed by atoms with E-state index in [1.165, 1.54) is 44.8 Å². The summed E-state index contributed by atoms with van der Waals surface area (Å²) in [6, 6.07) is 1.96. The summed E-state index contributed by atoms with van der Waals surface area (Å²) < 4.78 is 5.22. The summed E-state index contributed by atoms with van der Waals surface area (Å²) in [5.41, 5.74) is 6.16. The fourth-order valence-corrected chi connectivity index (χ4v) is 7.64. The monoisotopic (exact) mass is 943 g/mol. The van der Waals surface area contributed by atoms with Gasteiger partial charge in [0.1, 0.15) is 24.7 Å². The molecule has 1 aromatic carbocycles. The number of aromatic amines is 1. The summed E-state index contributed by atoms with van der Waals surface area (Å²) in [5.74, 6) is -4.72. The van der Waals surface area contributed by atoms with Gasteiger partial charge in [-0.1, -0.05) is 21.6 Å².